The molecule has 2 heterocycles. The summed E-state index contributed by atoms with van der Waals surface area (Å²) in [5.74, 6) is 0.347. The predicted octanol–water partition coefficient (Wildman–Crippen LogP) is 5.47. The van der Waals surface area contributed by atoms with Gasteiger partial charge in [0.2, 0.25) is 0 Å². The van der Waals surface area contributed by atoms with Crippen LogP contribution in [0.15, 0.2) is 45.0 Å². The Kier molecular flexibility index (Phi) is 6.01. The van der Waals surface area contributed by atoms with Crippen molar-refractivity contribution in [1.29, 1.82) is 0 Å². The number of benzene rings is 1. The summed E-state index contributed by atoms with van der Waals surface area (Å²) in [6.07, 6.45) is 6.27. The summed E-state index contributed by atoms with van der Waals surface area (Å²) < 4.78 is 4.82. The van der Waals surface area contributed by atoms with Gasteiger partial charge in [0.15, 0.2) is 0 Å². The molecule has 28 heavy (non-hydrogen) atoms. The maximum atomic E-state index is 12.2. The third kappa shape index (κ3) is 3.32. The molecule has 1 atom stereocenters. The molecule has 1 aromatic heterocycles. The van der Waals surface area contributed by atoms with E-state index in [9.17, 15) is 9.90 Å². The Morgan fingerprint density at radius 3 is 2.68 bits per heavy atom. The van der Waals surface area contributed by atoms with Crippen LogP contribution in [-0.4, -0.2) is 39.2 Å². The van der Waals surface area contributed by atoms with E-state index in [-0.39, 0.29) is 20.3 Å². The summed E-state index contributed by atoms with van der Waals surface area (Å²) in [7, 11) is -2.25. The first kappa shape index (κ1) is 21.2. The summed E-state index contributed by atoms with van der Waals surface area (Å²) in [6, 6.07) is 4.72. The van der Waals surface area contributed by atoms with Crippen molar-refractivity contribution in [2.75, 3.05) is 0 Å². The van der Waals surface area contributed by atoms with E-state index in [2.05, 4.69) is 74.6 Å². The normalized spacial score (nSPS) is 20.5. The van der Waals surface area contributed by atoms with Gasteiger partial charge in [0.05, 0.1) is 0 Å². The molecule has 3 nitrogen and oxygen atoms in total. The molecular formula is C20H16BrI2NO2SeSi. The number of halogens is 3. The van der Waals surface area contributed by atoms with E-state index in [0.29, 0.717) is 5.75 Å². The number of phenolic OH excluding ortho intramolecular Hbond substituents is 1. The molecular weight excluding hydrogens is 727 g/mol. The molecule has 0 radical (unpaired) electrons. The van der Waals surface area contributed by atoms with Gasteiger partial charge >= 0.3 is 209 Å². The van der Waals surface area contributed by atoms with Gasteiger partial charge in [-0.2, -0.15) is 0 Å². The van der Waals surface area contributed by atoms with E-state index < -0.39 is 8.07 Å². The van der Waals surface area contributed by atoms with Crippen LogP contribution in [0.2, 0.25) is 12.6 Å². The number of carbonyl (C=O) groups is 1. The van der Waals surface area contributed by atoms with Gasteiger partial charge in [0.1, 0.15) is 0 Å². The molecule has 1 aliphatic carbocycles. The van der Waals surface area contributed by atoms with E-state index in [4.69, 9.17) is 4.99 Å². The van der Waals surface area contributed by atoms with Gasteiger partial charge in [0, 0.05) is 0 Å². The molecule has 4 rings (SSSR count). The van der Waals surface area contributed by atoms with Gasteiger partial charge in [-0.05, 0) is 0 Å². The number of aliphatic imine (C=N–C) groups is 1. The molecule has 1 aromatic carbocycles. The molecule has 2 aliphatic rings. The Balaban J connectivity index is 2.10. The van der Waals surface area contributed by atoms with Crippen molar-refractivity contribution in [3.05, 3.63) is 46.0 Å². The van der Waals surface area contributed by atoms with Crippen LogP contribution in [0, 0.1) is 6.01 Å². The van der Waals surface area contributed by atoms with Crippen molar-refractivity contribution in [2.45, 2.75) is 25.9 Å². The van der Waals surface area contributed by atoms with Crippen molar-refractivity contribution >= 4 is 106 Å². The van der Waals surface area contributed by atoms with Gasteiger partial charge in [-0.25, -0.2) is 0 Å². The minimum absolute atomic E-state index is 0.0326. The predicted molar refractivity (Wildman–Crippen MR) is 139 cm³/mol. The number of phenols is 1. The molecule has 8 heteroatoms. The number of nitrogens with zero attached hydrogens (tertiary/aromatic N) is 1. The number of aromatic hydroxyl groups is 1. The number of fused-ring (bicyclic) bond motifs is 2. The van der Waals surface area contributed by atoms with Gasteiger partial charge in [-0.15, -0.1) is 0 Å². The molecule has 0 fully saturated rings. The van der Waals surface area contributed by atoms with Crippen molar-refractivity contribution in [3.8, 4) is 15.8 Å². The Bertz CT molecular complexity index is 1120. The average Bonchev–Trinajstić information content (AvgIpc) is 2.91. The third-order valence-electron chi connectivity index (χ3n) is 5.25. The topological polar surface area (TPSA) is 49.7 Å². The van der Waals surface area contributed by atoms with E-state index in [1.165, 1.54) is 15.6 Å². The van der Waals surface area contributed by atoms with E-state index >= 15 is 0 Å². The monoisotopic (exact) mass is 743 g/mol. The summed E-state index contributed by atoms with van der Waals surface area (Å²) in [5.41, 5.74) is 2.80. The fourth-order valence-corrected chi connectivity index (χ4v) is 14.7. The molecule has 0 spiro atoms. The van der Waals surface area contributed by atoms with Crippen LogP contribution in [0.4, 0.5) is 5.69 Å². The standard InChI is InChI=1S/C20H16BrI2NO2SeSi/c1-3-8-28(2)14-9-10(25)4-5-11(14)24-12-6-7-13(26)15(19(12)28)18-16(21)17(22)20(23)27-18/h4-7,9,26H,3,8H2,1-2H3. The number of hydrogen-bond acceptors (Lipinski definition) is 3. The quantitative estimate of drug-likeness (QED) is 0.258. The van der Waals surface area contributed by atoms with Gasteiger partial charge in [0.25, 0.3) is 0 Å². The first-order chi connectivity index (χ1) is 13.3. The van der Waals surface area contributed by atoms with Crippen LogP contribution in [0.25, 0.3) is 10.0 Å². The third-order valence-corrected chi connectivity index (χ3v) is 18.8. The Hall–Kier alpha value is -0.00364. The number of carbonyl (C=O) groups excluding carboxylic acids is 1. The second kappa shape index (κ2) is 7.92. The molecule has 144 valence electrons. The molecule has 2 aromatic rings. The summed E-state index contributed by atoms with van der Waals surface area (Å²) >= 11 is 8.70. The number of allylic oxidation sites excluding steroid dienone is 4. The van der Waals surface area contributed by atoms with Gasteiger partial charge < -0.3 is 0 Å². The van der Waals surface area contributed by atoms with Gasteiger partial charge in [-0.3, -0.25) is 0 Å². The van der Waals surface area contributed by atoms with Crippen molar-refractivity contribution < 1.29 is 9.90 Å². The van der Waals surface area contributed by atoms with E-state index in [0.717, 1.165) is 39.1 Å². The Labute approximate surface area is 206 Å². The van der Waals surface area contributed by atoms with Gasteiger partial charge in [-0.1, -0.05) is 0 Å². The summed E-state index contributed by atoms with van der Waals surface area (Å²) in [5, 5.41) is 13.2. The minimum atomic E-state index is -2.25. The fraction of sp³-hybridized carbons (Fsp3) is 0.200. The fourth-order valence-electron chi connectivity index (χ4n) is 4.07. The first-order valence-corrected chi connectivity index (χ1v) is 16.2. The molecule has 1 aliphatic heterocycles. The summed E-state index contributed by atoms with van der Waals surface area (Å²) in [4.78, 5) is 17.1. The van der Waals surface area contributed by atoms with Crippen LogP contribution >= 0.6 is 61.1 Å². The van der Waals surface area contributed by atoms with Crippen molar-refractivity contribution in [2.24, 2.45) is 4.99 Å². The molecule has 1 N–H and O–H groups in total. The molecule has 0 saturated carbocycles. The van der Waals surface area contributed by atoms with Crippen molar-refractivity contribution in [3.63, 3.8) is 0 Å². The van der Waals surface area contributed by atoms with Crippen LogP contribution < -0.4 is 5.19 Å². The number of hydrogen-bond donors (Lipinski definition) is 1. The molecule has 0 amide bonds. The Morgan fingerprint density at radius 2 is 2.04 bits per heavy atom. The zero-order valence-corrected chi connectivity index (χ0v) is 23.8. The van der Waals surface area contributed by atoms with Crippen LogP contribution in [0.5, 0.6) is 5.75 Å². The zero-order chi connectivity index (χ0) is 20.2. The van der Waals surface area contributed by atoms with Crippen LogP contribution in [-0.2, 0) is 4.79 Å². The van der Waals surface area contributed by atoms with Crippen molar-refractivity contribution in [1.82, 2.24) is 0 Å². The number of ketones is 1. The van der Waals surface area contributed by atoms with Crippen LogP contribution in [0.1, 0.15) is 13.3 Å². The Morgan fingerprint density at radius 1 is 1.29 bits per heavy atom. The first-order valence-electron chi connectivity index (χ1n) is 8.81. The summed E-state index contributed by atoms with van der Waals surface area (Å²) in [6.45, 7) is 4.51. The second-order valence-electron chi connectivity index (χ2n) is 7.06. The van der Waals surface area contributed by atoms with E-state index in [1.54, 1.807) is 18.2 Å². The molecule has 0 bridgehead atoms. The average molecular weight is 743 g/mol. The second-order valence-corrected chi connectivity index (χ2v) is 18.0. The van der Waals surface area contributed by atoms with E-state index in [1.807, 2.05) is 12.1 Å². The van der Waals surface area contributed by atoms with Crippen LogP contribution in [0.3, 0.4) is 0 Å². The SMILES string of the molecule is CCC[Si]1(C)C2=CC(=O)C=CC2=Nc2ccc(O)c(-c3[se]c(I)c(I)c3Br)c21. The zero-order valence-electron chi connectivity index (χ0n) is 15.1. The number of rotatable bonds is 3. The molecule has 0 saturated heterocycles. The maximum absolute atomic E-state index is 12.2. The molecule has 1 unspecified atom stereocenters.